The van der Waals surface area contributed by atoms with Crippen molar-refractivity contribution in [2.24, 2.45) is 5.41 Å². The molecule has 14 heavy (non-hydrogen) atoms. The van der Waals surface area contributed by atoms with Gasteiger partial charge in [0.2, 0.25) is 0 Å². The largest absolute Gasteiger partial charge is 0.396 e. The van der Waals surface area contributed by atoms with Crippen molar-refractivity contribution in [2.75, 3.05) is 19.7 Å². The fraction of sp³-hybridized carbons (Fsp3) is 0.700. The van der Waals surface area contributed by atoms with E-state index >= 15 is 0 Å². The molecular weight excluding hydrogens is 178 g/mol. The third-order valence-electron chi connectivity index (χ3n) is 2.13. The van der Waals surface area contributed by atoms with Crippen LogP contribution in [-0.2, 0) is 6.42 Å². The Morgan fingerprint density at radius 1 is 1.57 bits per heavy atom. The Morgan fingerprint density at radius 2 is 2.36 bits per heavy atom. The van der Waals surface area contributed by atoms with Crippen molar-refractivity contribution in [3.8, 4) is 0 Å². The first-order valence-electron chi connectivity index (χ1n) is 4.94. The van der Waals surface area contributed by atoms with Crippen LogP contribution in [0.4, 0.5) is 0 Å². The smallest absolute Gasteiger partial charge is 0.107 e. The molecule has 0 radical (unpaired) electrons. The van der Waals surface area contributed by atoms with Crippen molar-refractivity contribution in [1.82, 2.24) is 15.3 Å². The minimum atomic E-state index is -0.0385. The zero-order chi connectivity index (χ0) is 10.4. The molecule has 0 unspecified atom stereocenters. The van der Waals surface area contributed by atoms with Crippen LogP contribution in [0, 0.1) is 5.41 Å². The number of nitrogens with zero attached hydrogens (tertiary/aromatic N) is 1. The topological polar surface area (TPSA) is 60.9 Å². The van der Waals surface area contributed by atoms with Gasteiger partial charge in [-0.25, -0.2) is 4.98 Å². The third-order valence-corrected chi connectivity index (χ3v) is 2.13. The van der Waals surface area contributed by atoms with E-state index < -0.39 is 0 Å². The van der Waals surface area contributed by atoms with Gasteiger partial charge in [0.25, 0.3) is 0 Å². The number of hydrogen-bond donors (Lipinski definition) is 3. The van der Waals surface area contributed by atoms with Crippen molar-refractivity contribution >= 4 is 0 Å². The SMILES string of the molecule is CC(C)(CO)CNCCc1ncc[nH]1. The Balaban J connectivity index is 2.11. The molecule has 3 N–H and O–H groups in total. The van der Waals surface area contributed by atoms with Crippen LogP contribution >= 0.6 is 0 Å². The van der Waals surface area contributed by atoms with Gasteiger partial charge in [-0.1, -0.05) is 13.8 Å². The van der Waals surface area contributed by atoms with Crippen LogP contribution in [0.2, 0.25) is 0 Å². The summed E-state index contributed by atoms with van der Waals surface area (Å²) in [5.41, 5.74) is -0.0385. The van der Waals surface area contributed by atoms with E-state index in [9.17, 15) is 0 Å². The van der Waals surface area contributed by atoms with Crippen molar-refractivity contribution in [3.63, 3.8) is 0 Å². The van der Waals surface area contributed by atoms with Gasteiger partial charge in [-0.3, -0.25) is 0 Å². The summed E-state index contributed by atoms with van der Waals surface area (Å²) in [7, 11) is 0. The van der Waals surface area contributed by atoms with Gasteiger partial charge in [-0.2, -0.15) is 0 Å². The molecule has 1 aromatic rings. The number of imidazole rings is 1. The van der Waals surface area contributed by atoms with Gasteiger partial charge in [0, 0.05) is 43.9 Å². The highest BCUT2D eigenvalue weighted by Crippen LogP contribution is 2.10. The summed E-state index contributed by atoms with van der Waals surface area (Å²) in [5.74, 6) is 0.999. The highest BCUT2D eigenvalue weighted by atomic mass is 16.3. The third kappa shape index (κ3) is 3.89. The quantitative estimate of drug-likeness (QED) is 0.584. The number of rotatable bonds is 6. The van der Waals surface area contributed by atoms with Crippen molar-refractivity contribution in [2.45, 2.75) is 20.3 Å². The molecule has 0 aromatic carbocycles. The predicted molar refractivity (Wildman–Crippen MR) is 56.0 cm³/mol. The van der Waals surface area contributed by atoms with E-state index in [-0.39, 0.29) is 12.0 Å². The lowest BCUT2D eigenvalue weighted by molar-refractivity contribution is 0.157. The zero-order valence-corrected chi connectivity index (χ0v) is 8.88. The first-order valence-corrected chi connectivity index (χ1v) is 4.94. The number of nitrogens with one attached hydrogen (secondary N) is 2. The summed E-state index contributed by atoms with van der Waals surface area (Å²) in [6.07, 6.45) is 4.48. The summed E-state index contributed by atoms with van der Waals surface area (Å²) < 4.78 is 0. The average molecular weight is 197 g/mol. The molecule has 0 amide bonds. The number of H-pyrrole nitrogens is 1. The molecule has 0 fully saturated rings. The van der Waals surface area contributed by atoms with E-state index in [1.165, 1.54) is 0 Å². The van der Waals surface area contributed by atoms with Crippen LogP contribution in [0.25, 0.3) is 0 Å². The molecule has 0 bridgehead atoms. The maximum absolute atomic E-state index is 9.02. The lowest BCUT2D eigenvalue weighted by Crippen LogP contribution is -2.33. The molecule has 1 aromatic heterocycles. The maximum atomic E-state index is 9.02. The predicted octanol–water partition coefficient (Wildman–Crippen LogP) is 0.560. The van der Waals surface area contributed by atoms with E-state index in [0.717, 1.165) is 25.3 Å². The second-order valence-corrected chi connectivity index (χ2v) is 4.28. The van der Waals surface area contributed by atoms with Gasteiger partial charge in [0.05, 0.1) is 0 Å². The highest BCUT2D eigenvalue weighted by Gasteiger charge is 2.14. The molecule has 0 spiro atoms. The molecule has 1 rings (SSSR count). The molecule has 0 saturated heterocycles. The number of aliphatic hydroxyl groups excluding tert-OH is 1. The second kappa shape index (κ2) is 5.12. The zero-order valence-electron chi connectivity index (χ0n) is 8.88. The Bertz CT molecular complexity index is 244. The van der Waals surface area contributed by atoms with Crippen LogP contribution in [0.5, 0.6) is 0 Å². The van der Waals surface area contributed by atoms with Crippen LogP contribution in [0.15, 0.2) is 12.4 Å². The van der Waals surface area contributed by atoms with Gasteiger partial charge in [0.1, 0.15) is 5.82 Å². The molecule has 0 aliphatic heterocycles. The summed E-state index contributed by atoms with van der Waals surface area (Å²) in [4.78, 5) is 7.17. The molecule has 0 aliphatic rings. The first-order chi connectivity index (χ1) is 6.64. The maximum Gasteiger partial charge on any atom is 0.107 e. The molecule has 0 aliphatic carbocycles. The summed E-state index contributed by atoms with van der Waals surface area (Å²) in [5, 5.41) is 12.3. The minimum Gasteiger partial charge on any atom is -0.396 e. The van der Waals surface area contributed by atoms with Crippen molar-refractivity contribution in [1.29, 1.82) is 0 Å². The fourth-order valence-corrected chi connectivity index (χ4v) is 1.12. The van der Waals surface area contributed by atoms with E-state index in [1.54, 1.807) is 6.20 Å². The van der Waals surface area contributed by atoms with Crippen molar-refractivity contribution in [3.05, 3.63) is 18.2 Å². The van der Waals surface area contributed by atoms with Crippen LogP contribution in [0.3, 0.4) is 0 Å². The molecule has 80 valence electrons. The standard InChI is InChI=1S/C10H19N3O/c1-10(2,8-14)7-11-4-3-9-12-5-6-13-9/h5-6,11,14H,3-4,7-8H2,1-2H3,(H,12,13). The molecular formula is C10H19N3O. The highest BCUT2D eigenvalue weighted by molar-refractivity contribution is 4.87. The van der Waals surface area contributed by atoms with Gasteiger partial charge in [-0.05, 0) is 0 Å². The molecule has 0 atom stereocenters. The Morgan fingerprint density at radius 3 is 2.93 bits per heavy atom. The molecule has 1 heterocycles. The molecule has 4 heteroatoms. The normalized spacial score (nSPS) is 11.9. The summed E-state index contributed by atoms with van der Waals surface area (Å²) in [6.45, 7) is 5.99. The number of hydrogen-bond acceptors (Lipinski definition) is 3. The number of aromatic amines is 1. The Hall–Kier alpha value is -0.870. The van der Waals surface area contributed by atoms with Gasteiger partial charge in [0.15, 0.2) is 0 Å². The number of aromatic nitrogens is 2. The monoisotopic (exact) mass is 197 g/mol. The summed E-state index contributed by atoms with van der Waals surface area (Å²) in [6, 6.07) is 0. The van der Waals surface area contributed by atoms with Crippen LogP contribution in [0.1, 0.15) is 19.7 Å². The number of aliphatic hydroxyl groups is 1. The Labute approximate surface area is 84.8 Å². The fourth-order valence-electron chi connectivity index (χ4n) is 1.12. The van der Waals surface area contributed by atoms with E-state index in [2.05, 4.69) is 15.3 Å². The second-order valence-electron chi connectivity index (χ2n) is 4.28. The van der Waals surface area contributed by atoms with Gasteiger partial charge >= 0.3 is 0 Å². The minimum absolute atomic E-state index is 0.0385. The van der Waals surface area contributed by atoms with E-state index in [0.29, 0.717) is 0 Å². The van der Waals surface area contributed by atoms with Gasteiger partial charge in [-0.15, -0.1) is 0 Å². The lowest BCUT2D eigenvalue weighted by Gasteiger charge is -2.21. The first kappa shape index (κ1) is 11.2. The molecule has 0 saturated carbocycles. The Kier molecular flexibility index (Phi) is 4.10. The van der Waals surface area contributed by atoms with E-state index in [4.69, 9.17) is 5.11 Å². The van der Waals surface area contributed by atoms with E-state index in [1.807, 2.05) is 20.0 Å². The average Bonchev–Trinajstić information content (AvgIpc) is 2.65. The van der Waals surface area contributed by atoms with Crippen LogP contribution in [-0.4, -0.2) is 34.8 Å². The van der Waals surface area contributed by atoms with Crippen molar-refractivity contribution < 1.29 is 5.11 Å². The lowest BCUT2D eigenvalue weighted by atomic mass is 9.95. The van der Waals surface area contributed by atoms with Crippen LogP contribution < -0.4 is 5.32 Å². The van der Waals surface area contributed by atoms with Gasteiger partial charge < -0.3 is 15.4 Å². The molecule has 4 nitrogen and oxygen atoms in total. The summed E-state index contributed by atoms with van der Waals surface area (Å²) >= 11 is 0.